The second kappa shape index (κ2) is 10.7. The number of fused-ring (bicyclic) bond motifs is 1. The maximum Gasteiger partial charge on any atom is 0.191 e. The maximum atomic E-state index is 5.89. The van der Waals surface area contributed by atoms with Gasteiger partial charge in [-0.15, -0.1) is 24.0 Å². The van der Waals surface area contributed by atoms with E-state index >= 15 is 0 Å². The molecule has 0 spiro atoms. The molecular weight excluding hydrogens is 393 g/mol. The minimum Gasteiger partial charge on any atom is -0.488 e. The SMILES string of the molecule is CCNC(=NCC1Cc2ccccc2O1)NCCOCC.I. The summed E-state index contributed by atoms with van der Waals surface area (Å²) in [5.74, 6) is 1.81. The summed E-state index contributed by atoms with van der Waals surface area (Å²) in [5.41, 5.74) is 1.27. The number of nitrogens with zero attached hydrogens (tertiary/aromatic N) is 1. The van der Waals surface area contributed by atoms with Gasteiger partial charge >= 0.3 is 0 Å². The van der Waals surface area contributed by atoms with Gasteiger partial charge in [0.2, 0.25) is 0 Å². The molecule has 0 amide bonds. The molecule has 124 valence electrons. The van der Waals surface area contributed by atoms with Crippen molar-refractivity contribution in [3.63, 3.8) is 0 Å². The average Bonchev–Trinajstić information content (AvgIpc) is 2.92. The molecule has 0 aliphatic carbocycles. The molecule has 0 fully saturated rings. The summed E-state index contributed by atoms with van der Waals surface area (Å²) < 4.78 is 11.2. The Balaban J connectivity index is 0.00000242. The zero-order valence-electron chi connectivity index (χ0n) is 13.3. The predicted molar refractivity (Wildman–Crippen MR) is 100 cm³/mol. The largest absolute Gasteiger partial charge is 0.488 e. The minimum absolute atomic E-state index is 0. The van der Waals surface area contributed by atoms with Crippen LogP contribution in [0.2, 0.25) is 0 Å². The Labute approximate surface area is 149 Å². The van der Waals surface area contributed by atoms with Crippen molar-refractivity contribution in [1.82, 2.24) is 10.6 Å². The van der Waals surface area contributed by atoms with E-state index in [2.05, 4.69) is 28.6 Å². The molecule has 5 nitrogen and oxygen atoms in total. The molecule has 1 aromatic rings. The third-order valence-electron chi connectivity index (χ3n) is 3.25. The van der Waals surface area contributed by atoms with E-state index in [9.17, 15) is 0 Å². The van der Waals surface area contributed by atoms with Gasteiger partial charge in [-0.1, -0.05) is 18.2 Å². The first-order valence-corrected chi connectivity index (χ1v) is 7.68. The van der Waals surface area contributed by atoms with Gasteiger partial charge in [-0.25, -0.2) is 4.99 Å². The Morgan fingerprint density at radius 3 is 2.86 bits per heavy atom. The van der Waals surface area contributed by atoms with E-state index in [-0.39, 0.29) is 30.1 Å². The van der Waals surface area contributed by atoms with Gasteiger partial charge in [-0.3, -0.25) is 0 Å². The van der Waals surface area contributed by atoms with E-state index in [1.165, 1.54) is 5.56 Å². The molecule has 0 saturated carbocycles. The summed E-state index contributed by atoms with van der Waals surface area (Å²) in [5, 5.41) is 6.49. The molecule has 0 radical (unpaired) electrons. The fourth-order valence-corrected chi connectivity index (χ4v) is 2.28. The van der Waals surface area contributed by atoms with Crippen molar-refractivity contribution >= 4 is 29.9 Å². The molecule has 0 saturated heterocycles. The van der Waals surface area contributed by atoms with Crippen LogP contribution in [0.25, 0.3) is 0 Å². The Hall–Kier alpha value is -1.02. The van der Waals surface area contributed by atoms with Crippen molar-refractivity contribution in [2.24, 2.45) is 4.99 Å². The number of hydrogen-bond acceptors (Lipinski definition) is 3. The van der Waals surface area contributed by atoms with Crippen molar-refractivity contribution in [2.75, 3.05) is 32.8 Å². The van der Waals surface area contributed by atoms with Crippen LogP contribution < -0.4 is 15.4 Å². The summed E-state index contributed by atoms with van der Waals surface area (Å²) in [6, 6.07) is 8.19. The van der Waals surface area contributed by atoms with Crippen molar-refractivity contribution in [2.45, 2.75) is 26.4 Å². The normalized spacial score (nSPS) is 16.5. The molecule has 1 aliphatic rings. The van der Waals surface area contributed by atoms with E-state index in [0.717, 1.165) is 37.8 Å². The van der Waals surface area contributed by atoms with E-state index in [1.54, 1.807) is 0 Å². The summed E-state index contributed by atoms with van der Waals surface area (Å²) >= 11 is 0. The van der Waals surface area contributed by atoms with Gasteiger partial charge in [0.15, 0.2) is 5.96 Å². The first kappa shape index (κ1) is 19.0. The molecule has 0 aromatic heterocycles. The number of hydrogen-bond donors (Lipinski definition) is 2. The van der Waals surface area contributed by atoms with Crippen LogP contribution in [-0.4, -0.2) is 44.9 Å². The third-order valence-corrected chi connectivity index (χ3v) is 3.25. The second-order valence-electron chi connectivity index (χ2n) is 4.90. The van der Waals surface area contributed by atoms with Crippen molar-refractivity contribution in [3.05, 3.63) is 29.8 Å². The highest BCUT2D eigenvalue weighted by molar-refractivity contribution is 14.0. The number of rotatable bonds is 7. The summed E-state index contributed by atoms with van der Waals surface area (Å²) in [4.78, 5) is 4.59. The van der Waals surface area contributed by atoms with Gasteiger partial charge in [0, 0.05) is 26.1 Å². The molecule has 2 rings (SSSR count). The summed E-state index contributed by atoms with van der Waals surface area (Å²) in [7, 11) is 0. The molecule has 1 aromatic carbocycles. The number of para-hydroxylation sites is 1. The Bertz CT molecular complexity index is 443. The molecule has 1 unspecified atom stereocenters. The first-order valence-electron chi connectivity index (χ1n) is 7.68. The van der Waals surface area contributed by atoms with Crippen molar-refractivity contribution < 1.29 is 9.47 Å². The van der Waals surface area contributed by atoms with E-state index in [1.807, 2.05) is 25.1 Å². The maximum absolute atomic E-state index is 5.89. The topological polar surface area (TPSA) is 54.9 Å². The number of benzene rings is 1. The smallest absolute Gasteiger partial charge is 0.191 e. The summed E-state index contributed by atoms with van der Waals surface area (Å²) in [6.45, 7) is 7.72. The van der Waals surface area contributed by atoms with Crippen LogP contribution in [0.4, 0.5) is 0 Å². The highest BCUT2D eigenvalue weighted by atomic mass is 127. The summed E-state index contributed by atoms with van der Waals surface area (Å²) in [6.07, 6.45) is 1.06. The second-order valence-corrected chi connectivity index (χ2v) is 4.90. The van der Waals surface area contributed by atoms with Crippen LogP contribution in [0, 0.1) is 0 Å². The van der Waals surface area contributed by atoms with Crippen LogP contribution >= 0.6 is 24.0 Å². The minimum atomic E-state index is 0. The number of nitrogens with one attached hydrogen (secondary N) is 2. The van der Waals surface area contributed by atoms with Crippen LogP contribution in [0.15, 0.2) is 29.3 Å². The van der Waals surface area contributed by atoms with Crippen LogP contribution in [0.1, 0.15) is 19.4 Å². The van der Waals surface area contributed by atoms with Crippen LogP contribution in [0.3, 0.4) is 0 Å². The molecular formula is C16H26IN3O2. The molecule has 1 aliphatic heterocycles. The number of aliphatic imine (C=N–C) groups is 1. The Morgan fingerprint density at radius 2 is 2.14 bits per heavy atom. The monoisotopic (exact) mass is 419 g/mol. The standard InChI is InChI=1S/C16H25N3O2.HI/c1-3-17-16(18-9-10-20-4-2)19-12-14-11-13-7-5-6-8-15(13)21-14;/h5-8,14H,3-4,9-12H2,1-2H3,(H2,17,18,19);1H. The van der Waals surface area contributed by atoms with E-state index in [4.69, 9.17) is 9.47 Å². The first-order chi connectivity index (χ1) is 10.3. The molecule has 6 heteroatoms. The highest BCUT2D eigenvalue weighted by Gasteiger charge is 2.21. The lowest BCUT2D eigenvalue weighted by Crippen LogP contribution is -2.39. The van der Waals surface area contributed by atoms with Gasteiger partial charge in [-0.05, 0) is 25.5 Å². The number of guanidine groups is 1. The molecule has 1 heterocycles. The average molecular weight is 419 g/mol. The van der Waals surface area contributed by atoms with Gasteiger partial charge in [-0.2, -0.15) is 0 Å². The van der Waals surface area contributed by atoms with Gasteiger partial charge in [0.05, 0.1) is 13.2 Å². The van der Waals surface area contributed by atoms with Crippen LogP contribution in [-0.2, 0) is 11.2 Å². The number of ether oxygens (including phenoxy) is 2. The highest BCUT2D eigenvalue weighted by Crippen LogP contribution is 2.28. The van der Waals surface area contributed by atoms with Gasteiger partial charge in [0.1, 0.15) is 11.9 Å². The van der Waals surface area contributed by atoms with E-state index < -0.39 is 0 Å². The lowest BCUT2D eigenvalue weighted by atomic mass is 10.1. The van der Waals surface area contributed by atoms with Crippen molar-refractivity contribution in [1.29, 1.82) is 0 Å². The van der Waals surface area contributed by atoms with Gasteiger partial charge < -0.3 is 20.1 Å². The number of halogens is 1. The fourth-order valence-electron chi connectivity index (χ4n) is 2.28. The van der Waals surface area contributed by atoms with E-state index in [0.29, 0.717) is 13.2 Å². The molecule has 2 N–H and O–H groups in total. The lowest BCUT2D eigenvalue weighted by molar-refractivity contribution is 0.152. The zero-order chi connectivity index (χ0) is 14.9. The predicted octanol–water partition coefficient (Wildman–Crippen LogP) is 2.20. The Kier molecular flexibility index (Phi) is 9.22. The third kappa shape index (κ3) is 6.00. The lowest BCUT2D eigenvalue weighted by Gasteiger charge is -2.13. The van der Waals surface area contributed by atoms with Gasteiger partial charge in [0.25, 0.3) is 0 Å². The van der Waals surface area contributed by atoms with Crippen molar-refractivity contribution in [3.8, 4) is 5.75 Å². The Morgan fingerprint density at radius 1 is 1.32 bits per heavy atom. The molecule has 0 bridgehead atoms. The zero-order valence-corrected chi connectivity index (χ0v) is 15.6. The molecule has 1 atom stereocenters. The molecule has 22 heavy (non-hydrogen) atoms. The van der Waals surface area contributed by atoms with Crippen LogP contribution in [0.5, 0.6) is 5.75 Å². The quantitative estimate of drug-likeness (QED) is 0.308. The fraction of sp³-hybridized carbons (Fsp3) is 0.562.